The van der Waals surface area contributed by atoms with Crippen molar-refractivity contribution in [2.75, 3.05) is 13.2 Å². The number of rotatable bonds is 6. The van der Waals surface area contributed by atoms with Crippen LogP contribution >= 0.6 is 54.8 Å². The second-order valence-electron chi connectivity index (χ2n) is 4.18. The lowest BCUT2D eigenvalue weighted by atomic mass is 10.1. The SMILES string of the molecule is CCOc1cc(Cl)c(C(Br)c2sccc2Br)cc1OCC. The molecule has 2 aromatic rings. The molecule has 0 saturated heterocycles. The highest BCUT2D eigenvalue weighted by molar-refractivity contribution is 9.11. The van der Waals surface area contributed by atoms with Crippen LogP contribution in [-0.4, -0.2) is 13.2 Å². The molecular weight excluding hydrogens is 439 g/mol. The van der Waals surface area contributed by atoms with Crippen molar-refractivity contribution < 1.29 is 9.47 Å². The molecule has 1 aromatic carbocycles. The highest BCUT2D eigenvalue weighted by Gasteiger charge is 2.20. The highest BCUT2D eigenvalue weighted by atomic mass is 79.9. The lowest BCUT2D eigenvalue weighted by molar-refractivity contribution is 0.287. The van der Waals surface area contributed by atoms with Gasteiger partial charge in [0.05, 0.1) is 18.0 Å². The fraction of sp³-hybridized carbons (Fsp3) is 0.333. The Morgan fingerprint density at radius 1 is 1.19 bits per heavy atom. The summed E-state index contributed by atoms with van der Waals surface area (Å²) in [6, 6.07) is 5.80. The van der Waals surface area contributed by atoms with Gasteiger partial charge in [0.2, 0.25) is 0 Å². The highest BCUT2D eigenvalue weighted by Crippen LogP contribution is 2.44. The van der Waals surface area contributed by atoms with Crippen LogP contribution in [0.3, 0.4) is 0 Å². The molecule has 2 nitrogen and oxygen atoms in total. The van der Waals surface area contributed by atoms with Crippen molar-refractivity contribution in [3.8, 4) is 11.5 Å². The molecule has 0 aliphatic heterocycles. The first kappa shape index (κ1) is 17.1. The first-order valence-electron chi connectivity index (χ1n) is 6.54. The summed E-state index contributed by atoms with van der Waals surface area (Å²) in [5.41, 5.74) is 0.965. The Labute approximate surface area is 150 Å². The molecule has 0 N–H and O–H groups in total. The van der Waals surface area contributed by atoms with Gasteiger partial charge in [0.25, 0.3) is 0 Å². The van der Waals surface area contributed by atoms with Gasteiger partial charge in [0.15, 0.2) is 11.5 Å². The molecule has 2 rings (SSSR count). The van der Waals surface area contributed by atoms with E-state index in [1.165, 1.54) is 4.88 Å². The molecule has 1 atom stereocenters. The van der Waals surface area contributed by atoms with Crippen molar-refractivity contribution in [2.45, 2.75) is 18.7 Å². The van der Waals surface area contributed by atoms with E-state index < -0.39 is 0 Å². The van der Waals surface area contributed by atoms with Gasteiger partial charge in [-0.15, -0.1) is 11.3 Å². The summed E-state index contributed by atoms with van der Waals surface area (Å²) in [6.45, 7) is 5.04. The van der Waals surface area contributed by atoms with Crippen molar-refractivity contribution >= 4 is 54.8 Å². The number of hydrogen-bond acceptors (Lipinski definition) is 3. The summed E-state index contributed by atoms with van der Waals surface area (Å²) in [4.78, 5) is 1.18. The third-order valence-corrected chi connectivity index (χ3v) is 6.33. The topological polar surface area (TPSA) is 18.5 Å². The van der Waals surface area contributed by atoms with Crippen LogP contribution in [0.25, 0.3) is 0 Å². The van der Waals surface area contributed by atoms with E-state index in [9.17, 15) is 0 Å². The lowest BCUT2D eigenvalue weighted by Crippen LogP contribution is -2.01. The summed E-state index contributed by atoms with van der Waals surface area (Å²) in [5, 5.41) is 2.70. The summed E-state index contributed by atoms with van der Waals surface area (Å²) in [6.07, 6.45) is 0. The van der Waals surface area contributed by atoms with Gasteiger partial charge in [0.1, 0.15) is 0 Å². The number of halogens is 3. The van der Waals surface area contributed by atoms with Gasteiger partial charge in [-0.3, -0.25) is 0 Å². The average Bonchev–Trinajstić information content (AvgIpc) is 2.87. The van der Waals surface area contributed by atoms with Crippen LogP contribution in [0.15, 0.2) is 28.1 Å². The zero-order valence-corrected chi connectivity index (χ0v) is 16.4. The van der Waals surface area contributed by atoms with E-state index in [0.717, 1.165) is 15.8 Å². The zero-order chi connectivity index (χ0) is 15.4. The first-order valence-corrected chi connectivity index (χ1v) is 9.51. The van der Waals surface area contributed by atoms with Crippen LogP contribution in [0.2, 0.25) is 5.02 Å². The van der Waals surface area contributed by atoms with Gasteiger partial charge in [-0.05, 0) is 52.9 Å². The minimum atomic E-state index is 0.00857. The molecule has 6 heteroatoms. The second kappa shape index (κ2) is 7.86. The summed E-state index contributed by atoms with van der Waals surface area (Å²) < 4.78 is 12.3. The molecule has 114 valence electrons. The van der Waals surface area contributed by atoms with Gasteiger partial charge in [-0.25, -0.2) is 0 Å². The maximum Gasteiger partial charge on any atom is 0.162 e. The summed E-state index contributed by atoms with van der Waals surface area (Å²) in [7, 11) is 0. The summed E-state index contributed by atoms with van der Waals surface area (Å²) >= 11 is 15.4. The van der Waals surface area contributed by atoms with E-state index >= 15 is 0 Å². The van der Waals surface area contributed by atoms with Crippen molar-refractivity contribution in [3.05, 3.63) is 43.5 Å². The van der Waals surface area contributed by atoms with Crippen LogP contribution in [0, 0.1) is 0 Å². The van der Waals surface area contributed by atoms with Gasteiger partial charge in [-0.2, -0.15) is 0 Å². The molecule has 0 aliphatic carbocycles. The molecule has 21 heavy (non-hydrogen) atoms. The number of hydrogen-bond donors (Lipinski definition) is 0. The van der Waals surface area contributed by atoms with E-state index in [-0.39, 0.29) is 4.83 Å². The quantitative estimate of drug-likeness (QED) is 0.467. The Bertz CT molecular complexity index is 616. The van der Waals surface area contributed by atoms with Crippen LogP contribution < -0.4 is 9.47 Å². The Morgan fingerprint density at radius 3 is 2.33 bits per heavy atom. The van der Waals surface area contributed by atoms with Crippen LogP contribution in [0.5, 0.6) is 11.5 Å². The van der Waals surface area contributed by atoms with E-state index in [1.807, 2.05) is 37.4 Å². The summed E-state index contributed by atoms with van der Waals surface area (Å²) in [5.74, 6) is 1.40. The Morgan fingerprint density at radius 2 is 1.81 bits per heavy atom. The molecule has 0 fully saturated rings. The normalized spacial score (nSPS) is 12.2. The predicted octanol–water partition coefficient (Wildman–Crippen LogP) is 6.45. The van der Waals surface area contributed by atoms with E-state index in [4.69, 9.17) is 21.1 Å². The van der Waals surface area contributed by atoms with Crippen molar-refractivity contribution in [3.63, 3.8) is 0 Å². The molecule has 1 heterocycles. The lowest BCUT2D eigenvalue weighted by Gasteiger charge is -2.17. The van der Waals surface area contributed by atoms with Crippen LogP contribution in [-0.2, 0) is 0 Å². The molecular formula is C15H15Br2ClO2S. The first-order chi connectivity index (χ1) is 10.1. The van der Waals surface area contributed by atoms with Crippen molar-refractivity contribution in [2.24, 2.45) is 0 Å². The second-order valence-corrected chi connectivity index (χ2v) is 7.31. The number of alkyl halides is 1. The Balaban J connectivity index is 2.44. The third kappa shape index (κ3) is 3.95. The zero-order valence-electron chi connectivity index (χ0n) is 11.7. The van der Waals surface area contributed by atoms with Crippen molar-refractivity contribution in [1.82, 2.24) is 0 Å². The molecule has 0 bridgehead atoms. The maximum atomic E-state index is 6.43. The number of benzene rings is 1. The minimum Gasteiger partial charge on any atom is -0.490 e. The molecule has 1 aromatic heterocycles. The fourth-order valence-corrected chi connectivity index (χ4v) is 5.15. The van der Waals surface area contributed by atoms with Crippen LogP contribution in [0.4, 0.5) is 0 Å². The average molecular weight is 455 g/mol. The van der Waals surface area contributed by atoms with Gasteiger partial charge in [-0.1, -0.05) is 27.5 Å². The van der Waals surface area contributed by atoms with E-state index in [2.05, 4.69) is 31.9 Å². The third-order valence-electron chi connectivity index (χ3n) is 2.81. The standard InChI is InChI=1S/C15H15Br2ClO2S/c1-3-19-12-7-9(11(18)8-13(12)20-4-2)14(17)15-10(16)5-6-21-15/h5-8,14H,3-4H2,1-2H3. The Kier molecular flexibility index (Phi) is 6.41. The monoisotopic (exact) mass is 452 g/mol. The molecule has 0 radical (unpaired) electrons. The van der Waals surface area contributed by atoms with Gasteiger partial charge < -0.3 is 9.47 Å². The largest absolute Gasteiger partial charge is 0.490 e. The Hall–Kier alpha value is -0.230. The van der Waals surface area contributed by atoms with Gasteiger partial charge in [0, 0.05) is 20.4 Å². The predicted molar refractivity (Wildman–Crippen MR) is 96.6 cm³/mol. The fourth-order valence-electron chi connectivity index (χ4n) is 1.91. The maximum absolute atomic E-state index is 6.43. The minimum absolute atomic E-state index is 0.00857. The smallest absolute Gasteiger partial charge is 0.162 e. The molecule has 0 aliphatic rings. The van der Waals surface area contributed by atoms with Gasteiger partial charge >= 0.3 is 0 Å². The molecule has 0 spiro atoms. The van der Waals surface area contributed by atoms with Crippen LogP contribution in [0.1, 0.15) is 29.1 Å². The molecule has 0 saturated carbocycles. The van der Waals surface area contributed by atoms with Crippen molar-refractivity contribution in [1.29, 1.82) is 0 Å². The molecule has 0 amide bonds. The van der Waals surface area contributed by atoms with E-state index in [0.29, 0.717) is 24.0 Å². The number of thiophene rings is 1. The number of ether oxygens (including phenoxy) is 2. The van der Waals surface area contributed by atoms with E-state index in [1.54, 1.807) is 11.3 Å². The molecule has 1 unspecified atom stereocenters.